The first-order valence-corrected chi connectivity index (χ1v) is 8.75. The normalized spacial score (nSPS) is 21.2. The highest BCUT2D eigenvalue weighted by molar-refractivity contribution is 7.14. The third kappa shape index (κ3) is 3.79. The lowest BCUT2D eigenvalue weighted by Crippen LogP contribution is -2.46. The number of hydrogen-bond acceptors (Lipinski definition) is 3. The number of carbonyl (C=O) groups excluding carboxylic acids is 1. The van der Waals surface area contributed by atoms with Crippen molar-refractivity contribution in [3.8, 4) is 11.1 Å². The Morgan fingerprint density at radius 3 is 2.78 bits per heavy atom. The maximum absolute atomic E-state index is 13.1. The van der Waals surface area contributed by atoms with Crippen LogP contribution < -0.4 is 10.6 Å². The zero-order valence-electron chi connectivity index (χ0n) is 13.4. The van der Waals surface area contributed by atoms with Crippen molar-refractivity contribution >= 4 is 17.2 Å². The van der Waals surface area contributed by atoms with E-state index in [0.29, 0.717) is 10.9 Å². The van der Waals surface area contributed by atoms with E-state index in [1.165, 1.54) is 23.5 Å². The summed E-state index contributed by atoms with van der Waals surface area (Å²) in [7, 11) is 0. The largest absolute Gasteiger partial charge is 0.349 e. The molecule has 5 heteroatoms. The number of halogens is 1. The van der Waals surface area contributed by atoms with Crippen LogP contribution >= 0.6 is 11.3 Å². The highest BCUT2D eigenvalue weighted by atomic mass is 32.1. The van der Waals surface area contributed by atoms with E-state index >= 15 is 0 Å². The van der Waals surface area contributed by atoms with Crippen molar-refractivity contribution < 1.29 is 9.18 Å². The molecule has 1 aliphatic rings. The van der Waals surface area contributed by atoms with Gasteiger partial charge in [-0.1, -0.05) is 12.1 Å². The number of hydrogen-bond donors (Lipinski definition) is 2. The van der Waals surface area contributed by atoms with Gasteiger partial charge < -0.3 is 10.6 Å². The maximum Gasteiger partial charge on any atom is 0.261 e. The van der Waals surface area contributed by atoms with E-state index in [1.807, 2.05) is 13.0 Å². The van der Waals surface area contributed by atoms with Crippen molar-refractivity contribution in [2.75, 3.05) is 6.54 Å². The SMILES string of the molecule is Cc1sc(C(=O)NC2CCNC(C)C2)cc1-c1ccc(F)cc1. The summed E-state index contributed by atoms with van der Waals surface area (Å²) in [4.78, 5) is 14.3. The van der Waals surface area contributed by atoms with E-state index < -0.39 is 0 Å². The first-order chi connectivity index (χ1) is 11.0. The van der Waals surface area contributed by atoms with E-state index in [4.69, 9.17) is 0 Å². The molecule has 1 fully saturated rings. The van der Waals surface area contributed by atoms with Crippen LogP contribution in [0.25, 0.3) is 11.1 Å². The van der Waals surface area contributed by atoms with Gasteiger partial charge in [0.2, 0.25) is 0 Å². The van der Waals surface area contributed by atoms with E-state index in [2.05, 4.69) is 17.6 Å². The molecule has 1 aliphatic heterocycles. The van der Waals surface area contributed by atoms with Crippen molar-refractivity contribution in [3.05, 3.63) is 45.9 Å². The molecule has 1 aromatic heterocycles. The standard InChI is InChI=1S/C18H21FN2OS/c1-11-9-15(7-8-20-11)21-18(22)17-10-16(12(2)23-17)13-3-5-14(19)6-4-13/h3-6,10-11,15,20H,7-9H2,1-2H3,(H,21,22). The Labute approximate surface area is 139 Å². The molecule has 3 rings (SSSR count). The molecule has 0 bridgehead atoms. The molecule has 2 aromatic rings. The minimum Gasteiger partial charge on any atom is -0.349 e. The summed E-state index contributed by atoms with van der Waals surface area (Å²) < 4.78 is 13.1. The maximum atomic E-state index is 13.1. The van der Waals surface area contributed by atoms with Gasteiger partial charge in [-0.3, -0.25) is 4.79 Å². The van der Waals surface area contributed by atoms with Crippen molar-refractivity contribution in [1.29, 1.82) is 0 Å². The summed E-state index contributed by atoms with van der Waals surface area (Å²) >= 11 is 1.49. The molecular formula is C18H21FN2OS. The summed E-state index contributed by atoms with van der Waals surface area (Å²) in [5.41, 5.74) is 1.94. The Balaban J connectivity index is 1.74. The third-order valence-corrected chi connectivity index (χ3v) is 5.30. The van der Waals surface area contributed by atoms with Crippen LogP contribution in [0.3, 0.4) is 0 Å². The monoisotopic (exact) mass is 332 g/mol. The molecule has 0 spiro atoms. The zero-order valence-corrected chi connectivity index (χ0v) is 14.2. The van der Waals surface area contributed by atoms with Gasteiger partial charge in [0.05, 0.1) is 4.88 Å². The lowest BCUT2D eigenvalue weighted by Gasteiger charge is -2.28. The van der Waals surface area contributed by atoms with Crippen LogP contribution in [0.5, 0.6) is 0 Å². The van der Waals surface area contributed by atoms with E-state index in [1.54, 1.807) is 12.1 Å². The number of amides is 1. The Morgan fingerprint density at radius 2 is 2.09 bits per heavy atom. The fourth-order valence-electron chi connectivity index (χ4n) is 3.03. The number of piperidine rings is 1. The number of nitrogens with one attached hydrogen (secondary N) is 2. The first-order valence-electron chi connectivity index (χ1n) is 7.93. The van der Waals surface area contributed by atoms with Gasteiger partial charge in [0.1, 0.15) is 5.82 Å². The predicted molar refractivity (Wildman–Crippen MR) is 92.4 cm³/mol. The molecule has 0 radical (unpaired) electrons. The second-order valence-electron chi connectivity index (χ2n) is 6.14. The Kier molecular flexibility index (Phi) is 4.78. The third-order valence-electron chi connectivity index (χ3n) is 4.26. The smallest absolute Gasteiger partial charge is 0.261 e. The van der Waals surface area contributed by atoms with Gasteiger partial charge in [0.15, 0.2) is 0 Å². The zero-order chi connectivity index (χ0) is 16.4. The van der Waals surface area contributed by atoms with Gasteiger partial charge in [-0.15, -0.1) is 11.3 Å². The fraction of sp³-hybridized carbons (Fsp3) is 0.389. The average Bonchev–Trinajstić information content (AvgIpc) is 2.90. The van der Waals surface area contributed by atoms with Gasteiger partial charge >= 0.3 is 0 Å². The minimum absolute atomic E-state index is 0.00874. The highest BCUT2D eigenvalue weighted by Crippen LogP contribution is 2.31. The Bertz CT molecular complexity index is 696. The highest BCUT2D eigenvalue weighted by Gasteiger charge is 2.22. The molecule has 2 N–H and O–H groups in total. The van der Waals surface area contributed by atoms with Crippen LogP contribution in [0.2, 0.25) is 0 Å². The fourth-order valence-corrected chi connectivity index (χ4v) is 3.97. The topological polar surface area (TPSA) is 41.1 Å². The molecule has 2 heterocycles. The molecular weight excluding hydrogens is 311 g/mol. The number of thiophene rings is 1. The Morgan fingerprint density at radius 1 is 1.35 bits per heavy atom. The lowest BCUT2D eigenvalue weighted by molar-refractivity contribution is 0.0930. The first kappa shape index (κ1) is 16.1. The quantitative estimate of drug-likeness (QED) is 0.899. The number of rotatable bonds is 3. The van der Waals surface area contributed by atoms with Gasteiger partial charge in [0, 0.05) is 17.0 Å². The molecule has 1 amide bonds. The van der Waals surface area contributed by atoms with Crippen LogP contribution in [0.4, 0.5) is 4.39 Å². The van der Waals surface area contributed by atoms with Crippen molar-refractivity contribution in [2.45, 2.75) is 38.8 Å². The summed E-state index contributed by atoms with van der Waals surface area (Å²) in [6.07, 6.45) is 1.92. The van der Waals surface area contributed by atoms with Gasteiger partial charge in [-0.2, -0.15) is 0 Å². The van der Waals surface area contributed by atoms with Crippen LogP contribution in [0.15, 0.2) is 30.3 Å². The molecule has 23 heavy (non-hydrogen) atoms. The van der Waals surface area contributed by atoms with Crippen molar-refractivity contribution in [1.82, 2.24) is 10.6 Å². The molecule has 1 aromatic carbocycles. The molecule has 0 saturated carbocycles. The summed E-state index contributed by atoms with van der Waals surface area (Å²) in [5, 5.41) is 6.52. The summed E-state index contributed by atoms with van der Waals surface area (Å²) in [6, 6.07) is 8.98. The van der Waals surface area contributed by atoms with E-state index in [0.717, 1.165) is 35.4 Å². The van der Waals surface area contributed by atoms with Crippen LogP contribution in [-0.2, 0) is 0 Å². The van der Waals surface area contributed by atoms with E-state index in [-0.39, 0.29) is 17.8 Å². The number of aryl methyl sites for hydroxylation is 1. The minimum atomic E-state index is -0.250. The molecule has 0 aliphatic carbocycles. The molecule has 2 unspecified atom stereocenters. The molecule has 1 saturated heterocycles. The Hall–Kier alpha value is -1.72. The van der Waals surface area contributed by atoms with Gasteiger partial charge in [-0.25, -0.2) is 4.39 Å². The second kappa shape index (κ2) is 6.81. The van der Waals surface area contributed by atoms with Gasteiger partial charge in [-0.05, 0) is 62.6 Å². The number of benzene rings is 1. The summed E-state index contributed by atoms with van der Waals surface area (Å²) in [6.45, 7) is 5.07. The molecule has 122 valence electrons. The summed E-state index contributed by atoms with van der Waals surface area (Å²) in [5.74, 6) is -0.259. The van der Waals surface area contributed by atoms with Crippen LogP contribution in [-0.4, -0.2) is 24.5 Å². The van der Waals surface area contributed by atoms with Crippen LogP contribution in [0.1, 0.15) is 34.3 Å². The van der Waals surface area contributed by atoms with Crippen molar-refractivity contribution in [2.24, 2.45) is 0 Å². The van der Waals surface area contributed by atoms with Gasteiger partial charge in [0.25, 0.3) is 5.91 Å². The average molecular weight is 332 g/mol. The molecule has 2 atom stereocenters. The number of carbonyl (C=O) groups is 1. The van der Waals surface area contributed by atoms with Crippen LogP contribution in [0, 0.1) is 12.7 Å². The second-order valence-corrected chi connectivity index (χ2v) is 7.39. The van der Waals surface area contributed by atoms with Crippen molar-refractivity contribution in [3.63, 3.8) is 0 Å². The predicted octanol–water partition coefficient (Wildman–Crippen LogP) is 3.73. The molecule has 3 nitrogen and oxygen atoms in total. The lowest BCUT2D eigenvalue weighted by atomic mass is 10.0. The van der Waals surface area contributed by atoms with E-state index in [9.17, 15) is 9.18 Å².